The molecule has 1 aromatic heterocycles. The summed E-state index contributed by atoms with van der Waals surface area (Å²) in [6.45, 7) is 2.32. The third-order valence-electron chi connectivity index (χ3n) is 2.03. The monoisotopic (exact) mass is 201 g/mol. The molecule has 1 atom stereocenters. The Kier molecular flexibility index (Phi) is 3.84. The summed E-state index contributed by atoms with van der Waals surface area (Å²) in [5, 5.41) is 12.9. The van der Waals surface area contributed by atoms with Crippen molar-refractivity contribution in [3.05, 3.63) is 16.6 Å². The first-order chi connectivity index (χ1) is 6.20. The van der Waals surface area contributed by atoms with Gasteiger partial charge in [0.25, 0.3) is 0 Å². The first-order valence-electron chi connectivity index (χ1n) is 4.30. The molecular weight excluding hydrogens is 186 g/mol. The zero-order valence-corrected chi connectivity index (χ0v) is 8.80. The van der Waals surface area contributed by atoms with Crippen LogP contribution in [0.2, 0.25) is 0 Å². The van der Waals surface area contributed by atoms with Crippen LogP contribution in [0.15, 0.2) is 11.6 Å². The third kappa shape index (κ3) is 3.06. The SMILES string of the molecule is CCC(O)(COC)Cc1nccs1. The summed E-state index contributed by atoms with van der Waals surface area (Å²) in [5.74, 6) is 0. The van der Waals surface area contributed by atoms with E-state index in [9.17, 15) is 5.11 Å². The molecule has 1 unspecified atom stereocenters. The van der Waals surface area contributed by atoms with E-state index in [1.54, 1.807) is 24.6 Å². The maximum atomic E-state index is 10.0. The van der Waals surface area contributed by atoms with Crippen LogP contribution < -0.4 is 0 Å². The Morgan fingerprint density at radius 3 is 2.92 bits per heavy atom. The van der Waals surface area contributed by atoms with Crippen LogP contribution in [0.3, 0.4) is 0 Å². The van der Waals surface area contributed by atoms with E-state index in [1.807, 2.05) is 12.3 Å². The molecule has 13 heavy (non-hydrogen) atoms. The number of aromatic nitrogens is 1. The summed E-state index contributed by atoms with van der Waals surface area (Å²) < 4.78 is 4.97. The lowest BCUT2D eigenvalue weighted by Crippen LogP contribution is -2.35. The number of hydrogen-bond acceptors (Lipinski definition) is 4. The number of nitrogens with zero attached hydrogens (tertiary/aromatic N) is 1. The van der Waals surface area contributed by atoms with Gasteiger partial charge in [0.2, 0.25) is 0 Å². The molecule has 1 N–H and O–H groups in total. The maximum absolute atomic E-state index is 10.0. The van der Waals surface area contributed by atoms with Crippen LogP contribution in [-0.2, 0) is 11.2 Å². The van der Waals surface area contributed by atoms with Gasteiger partial charge in [-0.25, -0.2) is 4.98 Å². The molecule has 0 saturated carbocycles. The summed E-state index contributed by atoms with van der Waals surface area (Å²) in [4.78, 5) is 4.13. The fourth-order valence-electron chi connectivity index (χ4n) is 1.17. The van der Waals surface area contributed by atoms with E-state index in [2.05, 4.69) is 4.98 Å². The Labute approximate surface area is 82.4 Å². The van der Waals surface area contributed by atoms with E-state index >= 15 is 0 Å². The number of thiazole rings is 1. The highest BCUT2D eigenvalue weighted by Crippen LogP contribution is 2.18. The van der Waals surface area contributed by atoms with Crippen molar-refractivity contribution in [2.45, 2.75) is 25.4 Å². The van der Waals surface area contributed by atoms with Crippen LogP contribution >= 0.6 is 11.3 Å². The predicted molar refractivity (Wildman–Crippen MR) is 52.9 cm³/mol. The second-order valence-corrected chi connectivity index (χ2v) is 4.09. The Hall–Kier alpha value is -0.450. The highest BCUT2D eigenvalue weighted by Gasteiger charge is 2.25. The van der Waals surface area contributed by atoms with Crippen LogP contribution in [0, 0.1) is 0 Å². The summed E-state index contributed by atoms with van der Waals surface area (Å²) in [6.07, 6.45) is 3.01. The molecular formula is C9H15NO2S. The molecule has 0 aromatic carbocycles. The second kappa shape index (κ2) is 4.69. The summed E-state index contributed by atoms with van der Waals surface area (Å²) in [6, 6.07) is 0. The average molecular weight is 201 g/mol. The van der Waals surface area contributed by atoms with E-state index in [-0.39, 0.29) is 0 Å². The molecule has 4 heteroatoms. The molecule has 0 spiro atoms. The third-order valence-corrected chi connectivity index (χ3v) is 2.81. The van der Waals surface area contributed by atoms with Gasteiger partial charge in [-0.2, -0.15) is 0 Å². The van der Waals surface area contributed by atoms with Crippen LogP contribution in [0.5, 0.6) is 0 Å². The van der Waals surface area contributed by atoms with E-state index in [4.69, 9.17) is 4.74 Å². The zero-order chi connectivity index (χ0) is 9.73. The van der Waals surface area contributed by atoms with E-state index < -0.39 is 5.60 Å². The normalized spacial score (nSPS) is 15.6. The zero-order valence-electron chi connectivity index (χ0n) is 7.99. The van der Waals surface area contributed by atoms with Gasteiger partial charge in [0.1, 0.15) is 0 Å². The fraction of sp³-hybridized carbons (Fsp3) is 0.667. The number of aliphatic hydroxyl groups is 1. The molecule has 0 radical (unpaired) electrons. The molecule has 0 amide bonds. The van der Waals surface area contributed by atoms with Crippen molar-refractivity contribution in [1.29, 1.82) is 0 Å². The number of methoxy groups -OCH3 is 1. The Bertz CT molecular complexity index is 238. The van der Waals surface area contributed by atoms with Gasteiger partial charge < -0.3 is 9.84 Å². The minimum atomic E-state index is -0.757. The van der Waals surface area contributed by atoms with Crippen LogP contribution in [0.25, 0.3) is 0 Å². The van der Waals surface area contributed by atoms with Crippen molar-refractivity contribution in [1.82, 2.24) is 4.98 Å². The maximum Gasteiger partial charge on any atom is 0.0954 e. The number of hydrogen-bond donors (Lipinski definition) is 1. The highest BCUT2D eigenvalue weighted by molar-refractivity contribution is 7.09. The minimum absolute atomic E-state index is 0.364. The molecule has 0 saturated heterocycles. The van der Waals surface area contributed by atoms with Gasteiger partial charge in [-0.3, -0.25) is 0 Å². The largest absolute Gasteiger partial charge is 0.387 e. The van der Waals surface area contributed by atoms with Crippen molar-refractivity contribution in [3.8, 4) is 0 Å². The molecule has 0 aliphatic heterocycles. The Morgan fingerprint density at radius 2 is 2.46 bits per heavy atom. The highest BCUT2D eigenvalue weighted by atomic mass is 32.1. The standard InChI is InChI=1S/C9H15NO2S/c1-3-9(11,7-12-2)6-8-10-4-5-13-8/h4-5,11H,3,6-7H2,1-2H3. The predicted octanol–water partition coefficient (Wildman–Crippen LogP) is 1.47. The average Bonchev–Trinajstić information content (AvgIpc) is 2.57. The molecule has 0 aliphatic carbocycles. The molecule has 0 bridgehead atoms. The van der Waals surface area contributed by atoms with Gasteiger partial charge in [0, 0.05) is 25.1 Å². The van der Waals surface area contributed by atoms with Gasteiger partial charge in [-0.15, -0.1) is 11.3 Å². The molecule has 0 aliphatic rings. The first-order valence-corrected chi connectivity index (χ1v) is 5.18. The van der Waals surface area contributed by atoms with Gasteiger partial charge in [-0.05, 0) is 6.42 Å². The van der Waals surface area contributed by atoms with Gasteiger partial charge in [0.15, 0.2) is 0 Å². The Morgan fingerprint density at radius 1 is 1.69 bits per heavy atom. The van der Waals surface area contributed by atoms with Crippen molar-refractivity contribution < 1.29 is 9.84 Å². The van der Waals surface area contributed by atoms with Crippen LogP contribution in [-0.4, -0.2) is 29.4 Å². The van der Waals surface area contributed by atoms with E-state index in [0.29, 0.717) is 19.4 Å². The van der Waals surface area contributed by atoms with E-state index in [0.717, 1.165) is 5.01 Å². The minimum Gasteiger partial charge on any atom is -0.387 e. The van der Waals surface area contributed by atoms with E-state index in [1.165, 1.54) is 0 Å². The summed E-state index contributed by atoms with van der Waals surface area (Å²) >= 11 is 1.56. The summed E-state index contributed by atoms with van der Waals surface area (Å²) in [5.41, 5.74) is -0.757. The van der Waals surface area contributed by atoms with Crippen molar-refractivity contribution >= 4 is 11.3 Å². The first kappa shape index (κ1) is 10.6. The summed E-state index contributed by atoms with van der Waals surface area (Å²) in [7, 11) is 1.60. The molecule has 1 aromatic rings. The Balaban J connectivity index is 2.58. The van der Waals surface area contributed by atoms with Gasteiger partial charge in [-0.1, -0.05) is 6.92 Å². The van der Waals surface area contributed by atoms with Crippen molar-refractivity contribution in [2.75, 3.05) is 13.7 Å². The smallest absolute Gasteiger partial charge is 0.0954 e. The fourth-order valence-corrected chi connectivity index (χ4v) is 1.92. The van der Waals surface area contributed by atoms with Crippen LogP contribution in [0.1, 0.15) is 18.4 Å². The van der Waals surface area contributed by atoms with Crippen molar-refractivity contribution in [3.63, 3.8) is 0 Å². The molecule has 1 rings (SSSR count). The topological polar surface area (TPSA) is 42.4 Å². The van der Waals surface area contributed by atoms with Gasteiger partial charge >= 0.3 is 0 Å². The molecule has 74 valence electrons. The number of rotatable bonds is 5. The lowest BCUT2D eigenvalue weighted by molar-refractivity contribution is -0.0333. The number of ether oxygens (including phenoxy) is 1. The van der Waals surface area contributed by atoms with Crippen LogP contribution in [0.4, 0.5) is 0 Å². The van der Waals surface area contributed by atoms with Crippen molar-refractivity contribution in [2.24, 2.45) is 0 Å². The second-order valence-electron chi connectivity index (χ2n) is 3.11. The lowest BCUT2D eigenvalue weighted by Gasteiger charge is -2.24. The lowest BCUT2D eigenvalue weighted by atomic mass is 9.98. The molecule has 1 heterocycles. The molecule has 3 nitrogen and oxygen atoms in total. The van der Waals surface area contributed by atoms with Gasteiger partial charge in [0.05, 0.1) is 17.2 Å². The molecule has 0 fully saturated rings. The quantitative estimate of drug-likeness (QED) is 0.784.